The third kappa shape index (κ3) is 4.30. The number of pyridine rings is 2. The number of rotatable bonds is 5. The van der Waals surface area contributed by atoms with Crippen LogP contribution in [0.25, 0.3) is 44.1 Å². The zero-order valence-electron chi connectivity index (χ0n) is 21.3. The van der Waals surface area contributed by atoms with Crippen LogP contribution in [-0.4, -0.2) is 9.97 Å². The molecular weight excluding hydrogens is 474 g/mol. The number of nitrogens with zero attached hydrogens (tertiary/aromatic N) is 3. The highest BCUT2D eigenvalue weighted by molar-refractivity contribution is 5.95. The van der Waals surface area contributed by atoms with E-state index in [9.17, 15) is 0 Å². The van der Waals surface area contributed by atoms with Gasteiger partial charge in [0.1, 0.15) is 0 Å². The quantitative estimate of drug-likeness (QED) is 0.236. The molecular formula is C36H25N3. The summed E-state index contributed by atoms with van der Waals surface area (Å²) in [6.45, 7) is 0. The maximum absolute atomic E-state index is 4.65. The Morgan fingerprint density at radius 1 is 0.359 bits per heavy atom. The Morgan fingerprint density at radius 2 is 0.795 bits per heavy atom. The fourth-order valence-electron chi connectivity index (χ4n) is 5.28. The van der Waals surface area contributed by atoms with Crippen molar-refractivity contribution in [1.82, 2.24) is 9.97 Å². The van der Waals surface area contributed by atoms with Gasteiger partial charge in [0, 0.05) is 51.4 Å². The molecule has 0 N–H and O–H groups in total. The second-order valence-electron chi connectivity index (χ2n) is 9.53. The fourth-order valence-corrected chi connectivity index (χ4v) is 5.28. The number of aromatic nitrogens is 2. The van der Waals surface area contributed by atoms with E-state index in [1.54, 1.807) is 0 Å². The number of fused-ring (bicyclic) bond motifs is 2. The highest BCUT2D eigenvalue weighted by Crippen LogP contribution is 2.37. The van der Waals surface area contributed by atoms with Crippen molar-refractivity contribution in [3.63, 3.8) is 0 Å². The molecule has 0 spiro atoms. The molecule has 0 aliphatic heterocycles. The molecule has 0 bridgehead atoms. The van der Waals surface area contributed by atoms with Crippen LogP contribution in [0, 0.1) is 0 Å². The Labute approximate surface area is 227 Å². The van der Waals surface area contributed by atoms with Gasteiger partial charge in [-0.15, -0.1) is 0 Å². The van der Waals surface area contributed by atoms with Gasteiger partial charge >= 0.3 is 0 Å². The largest absolute Gasteiger partial charge is 0.311 e. The number of para-hydroxylation sites is 3. The third-order valence-electron chi connectivity index (χ3n) is 7.15. The first-order valence-corrected chi connectivity index (χ1v) is 13.1. The molecule has 0 aliphatic rings. The Morgan fingerprint density at radius 3 is 1.28 bits per heavy atom. The summed E-state index contributed by atoms with van der Waals surface area (Å²) >= 11 is 0. The molecule has 0 fully saturated rings. The Bertz CT molecular complexity index is 1760. The minimum Gasteiger partial charge on any atom is -0.311 e. The minimum atomic E-state index is 1.02. The summed E-state index contributed by atoms with van der Waals surface area (Å²) in [5.41, 5.74) is 9.91. The lowest BCUT2D eigenvalue weighted by molar-refractivity contribution is 1.28. The molecule has 5 aromatic carbocycles. The van der Waals surface area contributed by atoms with E-state index in [2.05, 4.69) is 142 Å². The van der Waals surface area contributed by atoms with Gasteiger partial charge in [-0.2, -0.15) is 0 Å². The number of hydrogen-bond donors (Lipinski definition) is 0. The lowest BCUT2D eigenvalue weighted by Gasteiger charge is -2.26. The zero-order valence-corrected chi connectivity index (χ0v) is 21.3. The number of anilines is 3. The van der Waals surface area contributed by atoms with Gasteiger partial charge < -0.3 is 4.90 Å². The molecule has 39 heavy (non-hydrogen) atoms. The Kier molecular flexibility index (Phi) is 5.80. The maximum atomic E-state index is 4.65. The minimum absolute atomic E-state index is 1.02. The van der Waals surface area contributed by atoms with Gasteiger partial charge in [-0.25, -0.2) is 0 Å². The first-order chi connectivity index (χ1) is 19.3. The molecule has 0 saturated carbocycles. The van der Waals surface area contributed by atoms with Crippen molar-refractivity contribution in [2.24, 2.45) is 0 Å². The van der Waals surface area contributed by atoms with Crippen LogP contribution in [0.1, 0.15) is 0 Å². The lowest BCUT2D eigenvalue weighted by Crippen LogP contribution is -2.09. The summed E-state index contributed by atoms with van der Waals surface area (Å²) in [6, 6.07) is 48.8. The molecule has 3 nitrogen and oxygen atoms in total. The normalized spacial score (nSPS) is 11.1. The van der Waals surface area contributed by atoms with Crippen LogP contribution in [0.2, 0.25) is 0 Å². The van der Waals surface area contributed by atoms with E-state index in [0.29, 0.717) is 0 Å². The summed E-state index contributed by atoms with van der Waals surface area (Å²) in [5.74, 6) is 0. The van der Waals surface area contributed by atoms with Gasteiger partial charge in [-0.3, -0.25) is 9.97 Å². The SMILES string of the molecule is c1ccc(N(c2ccc(-c3cccc4cccnc34)cc2)c2ccc(-c3cccc4cccnc34)cc2)cc1. The van der Waals surface area contributed by atoms with Crippen molar-refractivity contribution < 1.29 is 0 Å². The van der Waals surface area contributed by atoms with Crippen molar-refractivity contribution in [2.75, 3.05) is 4.90 Å². The number of benzene rings is 5. The van der Waals surface area contributed by atoms with Crippen molar-refractivity contribution in [3.05, 3.63) is 152 Å². The molecule has 0 atom stereocenters. The van der Waals surface area contributed by atoms with Gasteiger partial charge in [0.25, 0.3) is 0 Å². The van der Waals surface area contributed by atoms with Gasteiger partial charge in [0.15, 0.2) is 0 Å². The molecule has 0 amide bonds. The van der Waals surface area contributed by atoms with Crippen LogP contribution in [0.3, 0.4) is 0 Å². The molecule has 7 aromatic rings. The van der Waals surface area contributed by atoms with Crippen LogP contribution in [-0.2, 0) is 0 Å². The van der Waals surface area contributed by atoms with Crippen LogP contribution in [0.15, 0.2) is 152 Å². The van der Waals surface area contributed by atoms with Crippen molar-refractivity contribution in [3.8, 4) is 22.3 Å². The molecule has 0 aliphatic carbocycles. The molecule has 0 radical (unpaired) electrons. The molecule has 7 rings (SSSR count). The predicted octanol–water partition coefficient (Wildman–Crippen LogP) is 9.59. The molecule has 3 heteroatoms. The molecule has 184 valence electrons. The maximum Gasteiger partial charge on any atom is 0.0780 e. The van der Waals surface area contributed by atoms with E-state index < -0.39 is 0 Å². The molecule has 2 aromatic heterocycles. The molecule has 2 heterocycles. The third-order valence-corrected chi connectivity index (χ3v) is 7.15. The van der Waals surface area contributed by atoms with E-state index >= 15 is 0 Å². The van der Waals surface area contributed by atoms with E-state index in [0.717, 1.165) is 61.1 Å². The average molecular weight is 500 g/mol. The highest BCUT2D eigenvalue weighted by atomic mass is 15.1. The lowest BCUT2D eigenvalue weighted by atomic mass is 10.0. The first kappa shape index (κ1) is 22.9. The molecule has 0 unspecified atom stereocenters. The standard InChI is InChI=1S/C36H25N3/c1-2-12-30(13-3-1)39(31-20-16-26(17-21-31)33-14-4-8-28-10-6-24-37-35(28)33)32-22-18-27(19-23-32)34-15-5-9-29-11-7-25-38-36(29)34/h1-25H. The average Bonchev–Trinajstić information content (AvgIpc) is 3.02. The number of hydrogen-bond acceptors (Lipinski definition) is 3. The summed E-state index contributed by atoms with van der Waals surface area (Å²) in [6.07, 6.45) is 3.71. The van der Waals surface area contributed by atoms with E-state index in [1.807, 2.05) is 24.5 Å². The van der Waals surface area contributed by atoms with E-state index in [1.165, 1.54) is 0 Å². The summed E-state index contributed by atoms with van der Waals surface area (Å²) in [5, 5.41) is 2.29. The Balaban J connectivity index is 1.28. The van der Waals surface area contributed by atoms with Gasteiger partial charge in [0.2, 0.25) is 0 Å². The second-order valence-corrected chi connectivity index (χ2v) is 9.53. The topological polar surface area (TPSA) is 29.0 Å². The van der Waals surface area contributed by atoms with Crippen molar-refractivity contribution in [1.29, 1.82) is 0 Å². The molecule has 0 saturated heterocycles. The monoisotopic (exact) mass is 499 g/mol. The smallest absolute Gasteiger partial charge is 0.0780 e. The van der Waals surface area contributed by atoms with Gasteiger partial charge in [0.05, 0.1) is 11.0 Å². The fraction of sp³-hybridized carbons (Fsp3) is 0. The van der Waals surface area contributed by atoms with Gasteiger partial charge in [-0.1, -0.05) is 91.0 Å². The van der Waals surface area contributed by atoms with E-state index in [4.69, 9.17) is 0 Å². The highest BCUT2D eigenvalue weighted by Gasteiger charge is 2.14. The van der Waals surface area contributed by atoms with Crippen molar-refractivity contribution in [2.45, 2.75) is 0 Å². The summed E-state index contributed by atoms with van der Waals surface area (Å²) < 4.78 is 0. The van der Waals surface area contributed by atoms with Crippen LogP contribution >= 0.6 is 0 Å². The summed E-state index contributed by atoms with van der Waals surface area (Å²) in [7, 11) is 0. The second kappa shape index (κ2) is 9.88. The zero-order chi connectivity index (χ0) is 26.0. The van der Waals surface area contributed by atoms with Gasteiger partial charge in [-0.05, 0) is 59.7 Å². The van der Waals surface area contributed by atoms with Crippen LogP contribution < -0.4 is 4.90 Å². The Hall–Kier alpha value is -5.28. The van der Waals surface area contributed by atoms with Crippen molar-refractivity contribution >= 4 is 38.9 Å². The first-order valence-electron chi connectivity index (χ1n) is 13.1. The van der Waals surface area contributed by atoms with E-state index in [-0.39, 0.29) is 0 Å². The van der Waals surface area contributed by atoms with Crippen LogP contribution in [0.4, 0.5) is 17.1 Å². The predicted molar refractivity (Wildman–Crippen MR) is 163 cm³/mol. The summed E-state index contributed by atoms with van der Waals surface area (Å²) in [4.78, 5) is 11.6. The van der Waals surface area contributed by atoms with Crippen LogP contribution in [0.5, 0.6) is 0 Å².